The minimum Gasteiger partial charge on any atom is -0.454 e. The summed E-state index contributed by atoms with van der Waals surface area (Å²) in [6.07, 6.45) is -10.2. The first-order valence-corrected chi connectivity index (χ1v) is 8.35. The van der Waals surface area contributed by atoms with Crippen LogP contribution >= 0.6 is 0 Å². The summed E-state index contributed by atoms with van der Waals surface area (Å²) in [7, 11) is 0. The van der Waals surface area contributed by atoms with E-state index in [9.17, 15) is 31.1 Å². The Morgan fingerprint density at radius 2 is 1.52 bits per heavy atom. The predicted molar refractivity (Wildman–Crippen MR) is 90.3 cm³/mol. The van der Waals surface area contributed by atoms with Crippen LogP contribution in [0.5, 0.6) is 11.5 Å². The first kappa shape index (κ1) is 20.5. The first-order valence-electron chi connectivity index (χ1n) is 8.35. The summed E-state index contributed by atoms with van der Waals surface area (Å²) in [5.74, 6) is -0.474. The maximum atomic E-state index is 13.0. The van der Waals surface area contributed by atoms with Gasteiger partial charge in [-0.3, -0.25) is 10.1 Å². The van der Waals surface area contributed by atoms with Gasteiger partial charge in [-0.05, 0) is 36.4 Å². The van der Waals surface area contributed by atoms with Crippen LogP contribution in [0.25, 0.3) is 11.5 Å². The maximum Gasteiger partial charge on any atom is 0.416 e. The summed E-state index contributed by atoms with van der Waals surface area (Å²) in [5, 5.41) is 9.20. The molecule has 1 aliphatic heterocycles. The van der Waals surface area contributed by atoms with Crippen LogP contribution in [-0.4, -0.2) is 22.9 Å². The number of ether oxygens (including phenoxy) is 2. The number of aromatic nitrogens is 2. The number of carbonyl (C=O) groups excluding carboxylic acids is 1. The Morgan fingerprint density at radius 3 is 2.16 bits per heavy atom. The van der Waals surface area contributed by atoms with Gasteiger partial charge in [0.2, 0.25) is 12.7 Å². The number of hydrogen-bond acceptors (Lipinski definition) is 6. The zero-order chi connectivity index (χ0) is 22.4. The van der Waals surface area contributed by atoms with Gasteiger partial charge in [0.1, 0.15) is 0 Å². The van der Waals surface area contributed by atoms with Crippen molar-refractivity contribution in [2.75, 3.05) is 12.1 Å². The Balaban J connectivity index is 1.59. The van der Waals surface area contributed by atoms with Crippen molar-refractivity contribution >= 4 is 11.9 Å². The third kappa shape index (κ3) is 4.25. The number of halogens is 6. The van der Waals surface area contributed by atoms with Crippen LogP contribution in [0.4, 0.5) is 32.4 Å². The molecule has 1 aliphatic rings. The van der Waals surface area contributed by atoms with Gasteiger partial charge >= 0.3 is 18.4 Å². The molecule has 0 aliphatic carbocycles. The smallest absolute Gasteiger partial charge is 0.416 e. The third-order valence-corrected chi connectivity index (χ3v) is 4.11. The molecule has 0 saturated carbocycles. The largest absolute Gasteiger partial charge is 0.454 e. The van der Waals surface area contributed by atoms with Gasteiger partial charge in [0.05, 0.1) is 11.1 Å². The van der Waals surface area contributed by atoms with Gasteiger partial charge in [0.15, 0.2) is 11.5 Å². The summed E-state index contributed by atoms with van der Waals surface area (Å²) in [4.78, 5) is 12.3. The van der Waals surface area contributed by atoms with E-state index in [1.54, 1.807) is 12.1 Å². The Labute approximate surface area is 168 Å². The van der Waals surface area contributed by atoms with Gasteiger partial charge < -0.3 is 13.9 Å². The van der Waals surface area contributed by atoms with Crippen molar-refractivity contribution in [1.29, 1.82) is 0 Å². The highest BCUT2D eigenvalue weighted by Gasteiger charge is 2.37. The summed E-state index contributed by atoms with van der Waals surface area (Å²) >= 11 is 0. The molecule has 1 aromatic heterocycles. The van der Waals surface area contributed by atoms with E-state index in [0.717, 1.165) is 0 Å². The Morgan fingerprint density at radius 1 is 0.871 bits per heavy atom. The summed E-state index contributed by atoms with van der Waals surface area (Å²) < 4.78 is 93.3. The molecule has 13 heteroatoms. The number of nitrogens with one attached hydrogen (secondary N) is 1. The predicted octanol–water partition coefficient (Wildman–Crippen LogP) is 4.76. The molecular formula is C18H9F6N3O4. The van der Waals surface area contributed by atoms with Crippen LogP contribution in [-0.2, 0) is 12.4 Å². The fourth-order valence-corrected chi connectivity index (χ4v) is 2.68. The highest BCUT2D eigenvalue weighted by molar-refractivity contribution is 6.03. The lowest BCUT2D eigenvalue weighted by Crippen LogP contribution is -2.17. The van der Waals surface area contributed by atoms with Crippen LogP contribution in [0.2, 0.25) is 0 Å². The zero-order valence-electron chi connectivity index (χ0n) is 15.0. The van der Waals surface area contributed by atoms with Crippen LogP contribution in [0, 0.1) is 0 Å². The van der Waals surface area contributed by atoms with E-state index in [4.69, 9.17) is 13.9 Å². The molecule has 0 atom stereocenters. The average molecular weight is 445 g/mol. The highest BCUT2D eigenvalue weighted by atomic mass is 19.4. The molecule has 0 saturated heterocycles. The lowest BCUT2D eigenvalue weighted by molar-refractivity contribution is -0.143. The molecule has 2 aromatic carbocycles. The number of carbonyl (C=O) groups is 1. The van der Waals surface area contributed by atoms with Crippen molar-refractivity contribution < 1.29 is 45.0 Å². The quantitative estimate of drug-likeness (QED) is 0.586. The van der Waals surface area contributed by atoms with Crippen LogP contribution in [0.1, 0.15) is 21.5 Å². The second kappa shape index (κ2) is 7.18. The van der Waals surface area contributed by atoms with Crippen molar-refractivity contribution in [3.05, 3.63) is 53.1 Å². The molecule has 0 spiro atoms. The average Bonchev–Trinajstić information content (AvgIpc) is 3.34. The molecule has 0 fully saturated rings. The van der Waals surface area contributed by atoms with E-state index in [2.05, 4.69) is 10.2 Å². The lowest BCUT2D eigenvalue weighted by Gasteiger charge is -2.13. The van der Waals surface area contributed by atoms with E-state index < -0.39 is 41.0 Å². The Bertz CT molecular complexity index is 1120. The van der Waals surface area contributed by atoms with Gasteiger partial charge in [-0.1, -0.05) is 5.10 Å². The number of rotatable bonds is 3. The molecule has 0 unspecified atom stereocenters. The third-order valence-electron chi connectivity index (χ3n) is 4.11. The fourth-order valence-electron chi connectivity index (χ4n) is 2.68. The number of alkyl halides is 6. The van der Waals surface area contributed by atoms with Gasteiger partial charge in [-0.25, -0.2) is 0 Å². The molecule has 1 N–H and O–H groups in total. The number of anilines is 1. The number of nitrogens with zero attached hydrogens (tertiary/aromatic N) is 2. The van der Waals surface area contributed by atoms with Gasteiger partial charge in [-0.2, -0.15) is 26.3 Å². The first-order chi connectivity index (χ1) is 14.5. The molecule has 162 valence electrons. The zero-order valence-corrected chi connectivity index (χ0v) is 15.0. The molecular weight excluding hydrogens is 436 g/mol. The van der Waals surface area contributed by atoms with E-state index >= 15 is 0 Å². The Hall–Kier alpha value is -3.77. The van der Waals surface area contributed by atoms with Crippen molar-refractivity contribution in [2.24, 2.45) is 0 Å². The Kier molecular flexibility index (Phi) is 4.75. The topological polar surface area (TPSA) is 86.5 Å². The SMILES string of the molecule is O=C(Nc1nnc(-c2ccc3c(c2)OCO3)o1)c1cc(C(F)(F)F)cc(C(F)(F)F)c1. The second-order valence-electron chi connectivity index (χ2n) is 6.23. The van der Waals surface area contributed by atoms with Gasteiger partial charge in [-0.15, -0.1) is 5.10 Å². The molecule has 1 amide bonds. The van der Waals surface area contributed by atoms with Gasteiger partial charge in [0.25, 0.3) is 5.91 Å². The number of hydrogen-bond donors (Lipinski definition) is 1. The van der Waals surface area contributed by atoms with Crippen molar-refractivity contribution in [2.45, 2.75) is 12.4 Å². The minimum atomic E-state index is -5.09. The van der Waals surface area contributed by atoms with Crippen LogP contribution in [0.15, 0.2) is 40.8 Å². The lowest BCUT2D eigenvalue weighted by atomic mass is 10.0. The molecule has 0 bridgehead atoms. The molecule has 2 heterocycles. The van der Waals surface area contributed by atoms with Crippen molar-refractivity contribution in [3.8, 4) is 23.0 Å². The fraction of sp³-hybridized carbons (Fsp3) is 0.167. The van der Waals surface area contributed by atoms with E-state index in [1.807, 2.05) is 5.32 Å². The summed E-state index contributed by atoms with van der Waals surface area (Å²) in [6.45, 7) is 0.0286. The number of amides is 1. The van der Waals surface area contributed by atoms with Crippen molar-refractivity contribution in [3.63, 3.8) is 0 Å². The van der Waals surface area contributed by atoms with E-state index in [1.165, 1.54) is 6.07 Å². The van der Waals surface area contributed by atoms with Crippen molar-refractivity contribution in [1.82, 2.24) is 10.2 Å². The van der Waals surface area contributed by atoms with E-state index in [-0.39, 0.29) is 18.8 Å². The normalized spacial score (nSPS) is 13.4. The van der Waals surface area contributed by atoms with Gasteiger partial charge in [0, 0.05) is 11.1 Å². The highest BCUT2D eigenvalue weighted by Crippen LogP contribution is 2.37. The molecule has 7 nitrogen and oxygen atoms in total. The maximum absolute atomic E-state index is 13.0. The molecule has 3 aromatic rings. The second-order valence-corrected chi connectivity index (χ2v) is 6.23. The number of fused-ring (bicyclic) bond motifs is 1. The molecule has 0 radical (unpaired) electrons. The minimum absolute atomic E-state index is 0.0286. The van der Waals surface area contributed by atoms with E-state index in [0.29, 0.717) is 29.2 Å². The standard InChI is InChI=1S/C18H9F6N3O4/c19-17(20,21)10-3-9(4-11(6-10)18(22,23)24)14(28)25-16-27-26-15(31-16)8-1-2-12-13(5-8)30-7-29-12/h1-6H,7H2,(H,25,27,28). The molecule has 31 heavy (non-hydrogen) atoms. The van der Waals surface area contributed by atoms with Crippen LogP contribution in [0.3, 0.4) is 0 Å². The molecule has 4 rings (SSSR count). The summed E-state index contributed by atoms with van der Waals surface area (Å²) in [6, 6.07) is 4.62. The monoisotopic (exact) mass is 445 g/mol. The number of benzene rings is 2. The summed E-state index contributed by atoms with van der Waals surface area (Å²) in [5.41, 5.74) is -3.75. The van der Waals surface area contributed by atoms with Crippen LogP contribution < -0.4 is 14.8 Å².